The molecule has 1 aromatic carbocycles. The van der Waals surface area contributed by atoms with Gasteiger partial charge in [0.2, 0.25) is 0 Å². The number of carbonyl (C=O) groups is 1. The van der Waals surface area contributed by atoms with Crippen LogP contribution in [0.4, 0.5) is 0 Å². The molecule has 5 nitrogen and oxygen atoms in total. The van der Waals surface area contributed by atoms with Crippen LogP contribution in [0.2, 0.25) is 0 Å². The Bertz CT molecular complexity index is 470. The third-order valence-electron chi connectivity index (χ3n) is 3.96. The molecule has 1 aliphatic heterocycles. The smallest absolute Gasteiger partial charge is 0.325 e. The van der Waals surface area contributed by atoms with Gasteiger partial charge < -0.3 is 14.7 Å². The van der Waals surface area contributed by atoms with Gasteiger partial charge in [0.05, 0.1) is 7.11 Å². The molecule has 116 valence electrons. The van der Waals surface area contributed by atoms with Crippen LogP contribution in [0.15, 0.2) is 24.3 Å². The lowest BCUT2D eigenvalue weighted by Crippen LogP contribution is -2.49. The molecule has 1 aromatic rings. The minimum Gasteiger partial charge on any atom is -0.497 e. The molecule has 1 atom stereocenters. The number of piperazine rings is 1. The second kappa shape index (κ2) is 7.43. The van der Waals surface area contributed by atoms with Gasteiger partial charge in [0.15, 0.2) is 0 Å². The van der Waals surface area contributed by atoms with Gasteiger partial charge in [-0.15, -0.1) is 0 Å². The Labute approximate surface area is 126 Å². The van der Waals surface area contributed by atoms with Gasteiger partial charge in [0.1, 0.15) is 11.8 Å². The number of methoxy groups -OCH3 is 1. The van der Waals surface area contributed by atoms with E-state index in [2.05, 4.69) is 11.8 Å². The number of aliphatic carboxylic acids is 1. The Morgan fingerprint density at radius 1 is 1.33 bits per heavy atom. The van der Waals surface area contributed by atoms with E-state index in [0.29, 0.717) is 5.75 Å². The lowest BCUT2D eigenvalue weighted by Gasteiger charge is -2.37. The van der Waals surface area contributed by atoms with Gasteiger partial charge in [0.25, 0.3) is 0 Å². The summed E-state index contributed by atoms with van der Waals surface area (Å²) in [6.45, 7) is 6.69. The van der Waals surface area contributed by atoms with Gasteiger partial charge in [-0.2, -0.15) is 0 Å². The predicted octanol–water partition coefficient (Wildman–Crippen LogP) is 1.85. The Balaban J connectivity index is 2.11. The molecule has 0 radical (unpaired) electrons. The molecule has 1 N–H and O–H groups in total. The molecular formula is C16H24N2O3. The van der Waals surface area contributed by atoms with E-state index < -0.39 is 12.0 Å². The Morgan fingerprint density at radius 3 is 2.62 bits per heavy atom. The molecule has 0 aliphatic carbocycles. The number of hydrogen-bond acceptors (Lipinski definition) is 4. The van der Waals surface area contributed by atoms with Crippen molar-refractivity contribution in [2.75, 3.05) is 39.8 Å². The van der Waals surface area contributed by atoms with Crippen molar-refractivity contribution in [3.8, 4) is 5.75 Å². The highest BCUT2D eigenvalue weighted by molar-refractivity contribution is 5.75. The molecular weight excluding hydrogens is 268 g/mol. The zero-order valence-corrected chi connectivity index (χ0v) is 12.8. The standard InChI is InChI=1S/C16H24N2O3/c1-3-7-17-8-10-18(11-9-17)15(16(19)20)13-5-4-6-14(12-13)21-2/h4-6,12,15H,3,7-11H2,1-2H3,(H,19,20). The minimum atomic E-state index is -0.799. The summed E-state index contributed by atoms with van der Waals surface area (Å²) in [6.07, 6.45) is 1.14. The van der Waals surface area contributed by atoms with Crippen molar-refractivity contribution >= 4 is 5.97 Å². The van der Waals surface area contributed by atoms with E-state index in [1.165, 1.54) is 0 Å². The average Bonchev–Trinajstić information content (AvgIpc) is 2.49. The SMILES string of the molecule is CCCN1CCN(C(C(=O)O)c2cccc(OC)c2)CC1. The number of ether oxygens (including phenoxy) is 1. The summed E-state index contributed by atoms with van der Waals surface area (Å²) in [5.74, 6) is -0.101. The predicted molar refractivity (Wildman–Crippen MR) is 81.7 cm³/mol. The van der Waals surface area contributed by atoms with Crippen molar-refractivity contribution in [1.82, 2.24) is 9.80 Å². The van der Waals surface area contributed by atoms with Crippen LogP contribution in [0.25, 0.3) is 0 Å². The number of rotatable bonds is 6. The molecule has 0 bridgehead atoms. The van der Waals surface area contributed by atoms with E-state index in [1.807, 2.05) is 29.2 Å². The number of hydrogen-bond donors (Lipinski definition) is 1. The molecule has 1 heterocycles. The largest absolute Gasteiger partial charge is 0.497 e. The lowest BCUT2D eigenvalue weighted by molar-refractivity contribution is -0.144. The molecule has 21 heavy (non-hydrogen) atoms. The first kappa shape index (κ1) is 15.8. The van der Waals surface area contributed by atoms with E-state index in [-0.39, 0.29) is 0 Å². The van der Waals surface area contributed by atoms with Crippen LogP contribution in [-0.2, 0) is 4.79 Å². The summed E-state index contributed by atoms with van der Waals surface area (Å²) in [5.41, 5.74) is 0.783. The minimum absolute atomic E-state index is 0.594. The Hall–Kier alpha value is -1.59. The van der Waals surface area contributed by atoms with E-state index in [4.69, 9.17) is 4.74 Å². The molecule has 0 aromatic heterocycles. The van der Waals surface area contributed by atoms with Crippen LogP contribution in [-0.4, -0.2) is 60.7 Å². The van der Waals surface area contributed by atoms with E-state index in [1.54, 1.807) is 7.11 Å². The van der Waals surface area contributed by atoms with Gasteiger partial charge >= 0.3 is 5.97 Å². The number of benzene rings is 1. The Morgan fingerprint density at radius 2 is 2.05 bits per heavy atom. The normalized spacial score (nSPS) is 18.4. The highest BCUT2D eigenvalue weighted by Gasteiger charge is 2.30. The van der Waals surface area contributed by atoms with E-state index >= 15 is 0 Å². The fraction of sp³-hybridized carbons (Fsp3) is 0.562. The Kier molecular flexibility index (Phi) is 5.59. The summed E-state index contributed by atoms with van der Waals surface area (Å²) >= 11 is 0. The summed E-state index contributed by atoms with van der Waals surface area (Å²) < 4.78 is 5.20. The topological polar surface area (TPSA) is 53.0 Å². The van der Waals surface area contributed by atoms with Gasteiger partial charge in [-0.3, -0.25) is 9.69 Å². The molecule has 1 aliphatic rings. The lowest BCUT2D eigenvalue weighted by atomic mass is 10.0. The van der Waals surface area contributed by atoms with Crippen LogP contribution in [0.1, 0.15) is 24.9 Å². The zero-order chi connectivity index (χ0) is 15.2. The second-order valence-corrected chi connectivity index (χ2v) is 5.39. The maximum atomic E-state index is 11.7. The van der Waals surface area contributed by atoms with Crippen molar-refractivity contribution in [1.29, 1.82) is 0 Å². The maximum absolute atomic E-state index is 11.7. The first-order chi connectivity index (χ1) is 10.2. The van der Waals surface area contributed by atoms with Gasteiger partial charge in [-0.25, -0.2) is 0 Å². The highest BCUT2D eigenvalue weighted by Crippen LogP contribution is 2.25. The summed E-state index contributed by atoms with van der Waals surface area (Å²) in [5, 5.41) is 9.62. The van der Waals surface area contributed by atoms with Gasteiger partial charge in [-0.1, -0.05) is 19.1 Å². The molecule has 1 unspecified atom stereocenters. The van der Waals surface area contributed by atoms with Crippen molar-refractivity contribution < 1.29 is 14.6 Å². The molecule has 5 heteroatoms. The van der Waals surface area contributed by atoms with Crippen molar-refractivity contribution in [3.05, 3.63) is 29.8 Å². The third-order valence-corrected chi connectivity index (χ3v) is 3.96. The van der Waals surface area contributed by atoms with E-state index in [9.17, 15) is 9.90 Å². The zero-order valence-electron chi connectivity index (χ0n) is 12.8. The second-order valence-electron chi connectivity index (χ2n) is 5.39. The third kappa shape index (κ3) is 3.95. The van der Waals surface area contributed by atoms with Gasteiger partial charge in [-0.05, 0) is 30.7 Å². The fourth-order valence-corrected chi connectivity index (χ4v) is 2.88. The maximum Gasteiger partial charge on any atom is 0.325 e. The quantitative estimate of drug-likeness (QED) is 0.867. The van der Waals surface area contributed by atoms with E-state index in [0.717, 1.165) is 44.7 Å². The first-order valence-corrected chi connectivity index (χ1v) is 7.49. The fourth-order valence-electron chi connectivity index (χ4n) is 2.88. The summed E-state index contributed by atoms with van der Waals surface area (Å²) in [4.78, 5) is 16.1. The summed E-state index contributed by atoms with van der Waals surface area (Å²) in [6, 6.07) is 6.76. The number of nitrogens with zero attached hydrogens (tertiary/aromatic N) is 2. The highest BCUT2D eigenvalue weighted by atomic mass is 16.5. The van der Waals surface area contributed by atoms with Crippen LogP contribution in [0.3, 0.4) is 0 Å². The average molecular weight is 292 g/mol. The van der Waals surface area contributed by atoms with Crippen LogP contribution >= 0.6 is 0 Å². The van der Waals surface area contributed by atoms with Crippen molar-refractivity contribution in [3.63, 3.8) is 0 Å². The van der Waals surface area contributed by atoms with Crippen LogP contribution in [0, 0.1) is 0 Å². The van der Waals surface area contributed by atoms with Crippen molar-refractivity contribution in [2.45, 2.75) is 19.4 Å². The first-order valence-electron chi connectivity index (χ1n) is 7.49. The molecule has 2 rings (SSSR count). The summed E-state index contributed by atoms with van der Waals surface area (Å²) in [7, 11) is 1.60. The molecule has 1 saturated heterocycles. The van der Waals surface area contributed by atoms with Crippen molar-refractivity contribution in [2.24, 2.45) is 0 Å². The molecule has 0 spiro atoms. The molecule has 1 fully saturated rings. The number of carboxylic acids is 1. The molecule has 0 saturated carbocycles. The van der Waals surface area contributed by atoms with Gasteiger partial charge in [0, 0.05) is 26.2 Å². The van der Waals surface area contributed by atoms with Crippen LogP contribution in [0.5, 0.6) is 5.75 Å². The number of carboxylic acid groups (broad SMARTS) is 1. The molecule has 0 amide bonds. The van der Waals surface area contributed by atoms with Crippen LogP contribution < -0.4 is 4.74 Å². The monoisotopic (exact) mass is 292 g/mol.